The van der Waals surface area contributed by atoms with Crippen LogP contribution in [0, 0.1) is 12.8 Å². The van der Waals surface area contributed by atoms with Crippen LogP contribution in [0.4, 0.5) is 0 Å². The van der Waals surface area contributed by atoms with Crippen molar-refractivity contribution in [2.75, 3.05) is 13.6 Å². The number of hydrogen-bond donors (Lipinski definition) is 1. The molecular weight excluding hydrogens is 222 g/mol. The summed E-state index contributed by atoms with van der Waals surface area (Å²) in [7, 11) is 2.09. The Balaban J connectivity index is 2.53. The zero-order valence-electron chi connectivity index (χ0n) is 12.4. The van der Waals surface area contributed by atoms with Gasteiger partial charge in [-0.1, -0.05) is 43.7 Å². The highest BCUT2D eigenvalue weighted by Gasteiger charge is 2.15. The smallest absolute Gasteiger partial charge is 0.0916 e. The topological polar surface area (TPSA) is 23.5 Å². The fraction of sp³-hybridized carbons (Fsp3) is 0.625. The van der Waals surface area contributed by atoms with Gasteiger partial charge in [-0.2, -0.15) is 0 Å². The molecule has 0 aromatic heterocycles. The molecule has 0 spiro atoms. The minimum atomic E-state index is -0.398. The summed E-state index contributed by atoms with van der Waals surface area (Å²) in [4.78, 5) is 2.24. The first-order chi connectivity index (χ1) is 8.40. The van der Waals surface area contributed by atoms with Crippen molar-refractivity contribution < 1.29 is 5.11 Å². The average molecular weight is 249 g/mol. The molecule has 1 N–H and O–H groups in total. The summed E-state index contributed by atoms with van der Waals surface area (Å²) in [5.74, 6) is 0.693. The Morgan fingerprint density at radius 3 is 2.17 bits per heavy atom. The Bertz CT molecular complexity index is 345. The highest BCUT2D eigenvalue weighted by molar-refractivity contribution is 5.23. The van der Waals surface area contributed by atoms with Crippen molar-refractivity contribution in [3.8, 4) is 0 Å². The van der Waals surface area contributed by atoms with Gasteiger partial charge in [0.25, 0.3) is 0 Å². The van der Waals surface area contributed by atoms with Crippen LogP contribution in [-0.2, 0) is 0 Å². The molecule has 0 bridgehead atoms. The van der Waals surface area contributed by atoms with Crippen LogP contribution >= 0.6 is 0 Å². The minimum Gasteiger partial charge on any atom is -0.387 e. The summed E-state index contributed by atoms with van der Waals surface area (Å²) in [6, 6.07) is 8.64. The van der Waals surface area contributed by atoms with E-state index in [2.05, 4.69) is 51.8 Å². The van der Waals surface area contributed by atoms with Gasteiger partial charge in [-0.15, -0.1) is 0 Å². The van der Waals surface area contributed by atoms with Crippen LogP contribution in [0.1, 0.15) is 44.4 Å². The predicted molar refractivity (Wildman–Crippen MR) is 77.7 cm³/mol. The number of hydrogen-bond acceptors (Lipinski definition) is 2. The molecule has 0 saturated heterocycles. The first-order valence-electron chi connectivity index (χ1n) is 6.85. The highest BCUT2D eigenvalue weighted by Crippen LogP contribution is 2.17. The third kappa shape index (κ3) is 4.79. The van der Waals surface area contributed by atoms with E-state index < -0.39 is 6.10 Å². The molecule has 0 heterocycles. The van der Waals surface area contributed by atoms with Gasteiger partial charge in [-0.25, -0.2) is 0 Å². The van der Waals surface area contributed by atoms with E-state index in [1.54, 1.807) is 0 Å². The van der Waals surface area contributed by atoms with Crippen molar-refractivity contribution in [1.82, 2.24) is 4.90 Å². The summed E-state index contributed by atoms with van der Waals surface area (Å²) in [6.45, 7) is 9.45. The van der Waals surface area contributed by atoms with Crippen LogP contribution in [0.3, 0.4) is 0 Å². The Labute approximate surface area is 112 Å². The molecule has 2 atom stereocenters. The van der Waals surface area contributed by atoms with E-state index in [1.807, 2.05) is 12.1 Å². The van der Waals surface area contributed by atoms with Gasteiger partial charge in [0, 0.05) is 12.6 Å². The first kappa shape index (κ1) is 15.2. The lowest BCUT2D eigenvalue weighted by atomic mass is 10.0. The molecule has 1 aromatic rings. The summed E-state index contributed by atoms with van der Waals surface area (Å²) in [6.07, 6.45) is 0.766. The van der Waals surface area contributed by atoms with Gasteiger partial charge in [-0.3, -0.25) is 0 Å². The van der Waals surface area contributed by atoms with Gasteiger partial charge in [0.05, 0.1) is 6.10 Å². The second kappa shape index (κ2) is 6.91. The Morgan fingerprint density at radius 2 is 1.67 bits per heavy atom. The summed E-state index contributed by atoms with van der Waals surface area (Å²) in [5, 5.41) is 10.2. The van der Waals surface area contributed by atoms with Crippen LogP contribution in [0.2, 0.25) is 0 Å². The number of nitrogens with zero attached hydrogens (tertiary/aromatic N) is 1. The third-order valence-corrected chi connectivity index (χ3v) is 3.49. The molecule has 0 radical (unpaired) electrons. The average Bonchev–Trinajstić information content (AvgIpc) is 2.28. The maximum atomic E-state index is 10.2. The van der Waals surface area contributed by atoms with E-state index >= 15 is 0 Å². The molecule has 18 heavy (non-hydrogen) atoms. The third-order valence-electron chi connectivity index (χ3n) is 3.49. The van der Waals surface area contributed by atoms with E-state index in [1.165, 1.54) is 5.56 Å². The van der Waals surface area contributed by atoms with Gasteiger partial charge < -0.3 is 10.0 Å². The van der Waals surface area contributed by atoms with Gasteiger partial charge in [0.15, 0.2) is 0 Å². The fourth-order valence-electron chi connectivity index (χ4n) is 2.21. The second-order valence-electron chi connectivity index (χ2n) is 5.84. The standard InChI is InChI=1S/C16H27NO/c1-12(2)10-14(4)17(5)11-16(18)15-8-6-13(3)7-9-15/h6-9,12,14,16,18H,10-11H2,1-5H3. The molecule has 0 amide bonds. The van der Waals surface area contributed by atoms with Crippen molar-refractivity contribution >= 4 is 0 Å². The van der Waals surface area contributed by atoms with Crippen LogP contribution in [0.25, 0.3) is 0 Å². The maximum Gasteiger partial charge on any atom is 0.0916 e. The summed E-state index contributed by atoms with van der Waals surface area (Å²) >= 11 is 0. The summed E-state index contributed by atoms with van der Waals surface area (Å²) < 4.78 is 0. The molecule has 2 heteroatoms. The lowest BCUT2D eigenvalue weighted by Crippen LogP contribution is -2.33. The molecule has 0 aliphatic rings. The molecule has 2 nitrogen and oxygen atoms in total. The van der Waals surface area contributed by atoms with E-state index in [0.717, 1.165) is 12.0 Å². The zero-order chi connectivity index (χ0) is 13.7. The molecule has 0 aliphatic heterocycles. The van der Waals surface area contributed by atoms with E-state index in [-0.39, 0.29) is 0 Å². The first-order valence-corrected chi connectivity index (χ1v) is 6.85. The quantitative estimate of drug-likeness (QED) is 0.835. The summed E-state index contributed by atoms with van der Waals surface area (Å²) in [5.41, 5.74) is 2.23. The van der Waals surface area contributed by atoms with Crippen LogP contribution in [0.15, 0.2) is 24.3 Å². The normalized spacial score (nSPS) is 15.1. The van der Waals surface area contributed by atoms with Crippen molar-refractivity contribution in [2.45, 2.75) is 46.3 Å². The number of aliphatic hydroxyl groups excluding tert-OH is 1. The van der Waals surface area contributed by atoms with Gasteiger partial charge in [-0.05, 0) is 38.8 Å². The number of aliphatic hydroxyl groups is 1. The van der Waals surface area contributed by atoms with E-state index in [9.17, 15) is 5.11 Å². The molecule has 102 valence electrons. The van der Waals surface area contributed by atoms with E-state index in [4.69, 9.17) is 0 Å². The number of rotatable bonds is 6. The second-order valence-corrected chi connectivity index (χ2v) is 5.84. The lowest BCUT2D eigenvalue weighted by molar-refractivity contribution is 0.102. The maximum absolute atomic E-state index is 10.2. The fourth-order valence-corrected chi connectivity index (χ4v) is 2.21. The molecule has 0 saturated carbocycles. The van der Waals surface area contributed by atoms with Crippen molar-refractivity contribution in [3.05, 3.63) is 35.4 Å². The zero-order valence-corrected chi connectivity index (χ0v) is 12.4. The monoisotopic (exact) mass is 249 g/mol. The van der Waals surface area contributed by atoms with Gasteiger partial charge in [0.1, 0.15) is 0 Å². The lowest BCUT2D eigenvalue weighted by Gasteiger charge is -2.28. The van der Waals surface area contributed by atoms with E-state index in [0.29, 0.717) is 18.5 Å². The van der Waals surface area contributed by atoms with Crippen molar-refractivity contribution in [2.24, 2.45) is 5.92 Å². The molecule has 0 aliphatic carbocycles. The van der Waals surface area contributed by atoms with Crippen LogP contribution in [0.5, 0.6) is 0 Å². The molecule has 0 fully saturated rings. The van der Waals surface area contributed by atoms with Crippen molar-refractivity contribution in [3.63, 3.8) is 0 Å². The van der Waals surface area contributed by atoms with Gasteiger partial charge >= 0.3 is 0 Å². The van der Waals surface area contributed by atoms with Crippen molar-refractivity contribution in [1.29, 1.82) is 0 Å². The highest BCUT2D eigenvalue weighted by atomic mass is 16.3. The molecule has 2 unspecified atom stereocenters. The van der Waals surface area contributed by atoms with Crippen LogP contribution in [-0.4, -0.2) is 29.6 Å². The minimum absolute atomic E-state index is 0.398. The Morgan fingerprint density at radius 1 is 1.11 bits per heavy atom. The Kier molecular flexibility index (Phi) is 5.83. The largest absolute Gasteiger partial charge is 0.387 e. The number of likely N-dealkylation sites (N-methyl/N-ethyl adjacent to an activating group) is 1. The Hall–Kier alpha value is -0.860. The van der Waals surface area contributed by atoms with Crippen LogP contribution < -0.4 is 0 Å². The number of benzene rings is 1. The SMILES string of the molecule is Cc1ccc(C(O)CN(C)C(C)CC(C)C)cc1. The molecular formula is C16H27NO. The molecule has 1 aromatic carbocycles. The predicted octanol–water partition coefficient (Wildman–Crippen LogP) is 3.39. The van der Waals surface area contributed by atoms with Gasteiger partial charge in [0.2, 0.25) is 0 Å². The number of aryl methyl sites for hydroxylation is 1. The molecule has 1 rings (SSSR count).